The summed E-state index contributed by atoms with van der Waals surface area (Å²) >= 11 is 0. The molecule has 0 saturated carbocycles. The molecule has 0 saturated heterocycles. The van der Waals surface area contributed by atoms with Crippen LogP contribution in [-0.2, 0) is 0 Å². The summed E-state index contributed by atoms with van der Waals surface area (Å²) in [5, 5.41) is 4.96. The lowest BCUT2D eigenvalue weighted by Gasteiger charge is -2.36. The van der Waals surface area contributed by atoms with Crippen LogP contribution in [0, 0.1) is 0 Å². The molecule has 0 N–H and O–H groups in total. The summed E-state index contributed by atoms with van der Waals surface area (Å²) in [6, 6.07) is 34.8. The van der Waals surface area contributed by atoms with E-state index in [0.29, 0.717) is 0 Å². The summed E-state index contributed by atoms with van der Waals surface area (Å²) in [4.78, 5) is 9.35. The zero-order valence-electron chi connectivity index (χ0n) is 25.3. The van der Waals surface area contributed by atoms with Gasteiger partial charge in [-0.2, -0.15) is 0 Å². The van der Waals surface area contributed by atoms with Crippen molar-refractivity contribution < 1.29 is 9.47 Å². The van der Waals surface area contributed by atoms with Crippen LogP contribution < -0.4 is 42.3 Å². The summed E-state index contributed by atoms with van der Waals surface area (Å²) in [5.41, 5.74) is 14.1. The van der Waals surface area contributed by atoms with Crippen molar-refractivity contribution in [2.45, 2.75) is 0 Å². The van der Waals surface area contributed by atoms with E-state index in [1.165, 1.54) is 65.5 Å². The van der Waals surface area contributed by atoms with Crippen LogP contribution in [0.2, 0.25) is 0 Å². The summed E-state index contributed by atoms with van der Waals surface area (Å²) in [6.07, 6.45) is 7.90. The van der Waals surface area contributed by atoms with E-state index in [1.807, 2.05) is 24.8 Å². The Morgan fingerprint density at radius 3 is 1.48 bits per heavy atom. The Hall–Kier alpha value is -6.27. The first kappa shape index (κ1) is 24.0. The van der Waals surface area contributed by atoms with Crippen molar-refractivity contribution in [1.29, 1.82) is 0 Å². The minimum absolute atomic E-state index is 0.0427. The fourth-order valence-electron chi connectivity index (χ4n) is 9.43. The van der Waals surface area contributed by atoms with Gasteiger partial charge in [-0.15, -0.1) is 0 Å². The van der Waals surface area contributed by atoms with Crippen LogP contribution in [0.15, 0.2) is 122 Å². The molecule has 13 rings (SSSR count). The molecule has 0 unspecified atom stereocenters. The number of hydrogen-bond donors (Lipinski definition) is 0. The van der Waals surface area contributed by atoms with Crippen molar-refractivity contribution in [3.05, 3.63) is 122 Å². The quantitative estimate of drug-likeness (QED) is 0.237. The van der Waals surface area contributed by atoms with Crippen LogP contribution in [0.1, 0.15) is 0 Å². The van der Waals surface area contributed by atoms with Gasteiger partial charge in [-0.25, -0.2) is 0 Å². The predicted molar refractivity (Wildman–Crippen MR) is 193 cm³/mol. The number of nitrogens with zero attached hydrogens (tertiary/aromatic N) is 4. The Bertz CT molecular complexity index is 2800. The van der Waals surface area contributed by atoms with Crippen molar-refractivity contribution in [3.63, 3.8) is 0 Å². The third-order valence-corrected chi connectivity index (χ3v) is 11.2. The van der Waals surface area contributed by atoms with Crippen LogP contribution in [0.4, 0.5) is 0 Å². The first-order valence-electron chi connectivity index (χ1n) is 16.4. The zero-order valence-corrected chi connectivity index (χ0v) is 25.3. The second-order valence-corrected chi connectivity index (χ2v) is 13.3. The van der Waals surface area contributed by atoms with Gasteiger partial charge in [0.05, 0.1) is 22.1 Å². The fourth-order valence-corrected chi connectivity index (χ4v) is 9.43. The van der Waals surface area contributed by atoms with Gasteiger partial charge >= 0.3 is 0 Å². The third kappa shape index (κ3) is 2.59. The number of para-hydroxylation sites is 2. The highest BCUT2D eigenvalue weighted by atomic mass is 16.5. The molecule has 0 amide bonds. The SMILES string of the molecule is c1ccc2c(c1)c1ccc3c4c1n2-c1ccncc1B4c1cc2c(cc1O3)Oc1ccc3c4ccccc4n4c3c1B2c1cnccc1-4. The molecule has 0 fully saturated rings. The average Bonchev–Trinajstić information content (AvgIpc) is 3.66. The maximum Gasteiger partial charge on any atom is 0.258 e. The van der Waals surface area contributed by atoms with Crippen LogP contribution in [0.3, 0.4) is 0 Å². The highest BCUT2D eigenvalue weighted by molar-refractivity contribution is 7.02. The number of rotatable bonds is 0. The topological polar surface area (TPSA) is 54.1 Å². The molecule has 4 aliphatic rings. The number of ether oxygens (including phenoxy) is 2. The molecule has 0 spiro atoms. The molecular weight excluding hydrogens is 590 g/mol. The van der Waals surface area contributed by atoms with Crippen molar-refractivity contribution in [2.75, 3.05) is 0 Å². The van der Waals surface area contributed by atoms with Gasteiger partial charge in [0.25, 0.3) is 13.4 Å². The van der Waals surface area contributed by atoms with E-state index in [2.05, 4.69) is 116 Å². The summed E-state index contributed by atoms with van der Waals surface area (Å²) in [7, 11) is 0. The van der Waals surface area contributed by atoms with Crippen LogP contribution in [-0.4, -0.2) is 32.5 Å². The lowest BCUT2D eigenvalue weighted by molar-refractivity contribution is 0.466. The van der Waals surface area contributed by atoms with Crippen LogP contribution in [0.25, 0.3) is 55.0 Å². The minimum Gasteiger partial charge on any atom is -0.458 e. The number of pyridine rings is 2. The van der Waals surface area contributed by atoms with E-state index in [-0.39, 0.29) is 13.4 Å². The van der Waals surface area contributed by atoms with Gasteiger partial charge in [0.1, 0.15) is 23.0 Å². The number of benzene rings is 5. The maximum atomic E-state index is 6.84. The van der Waals surface area contributed by atoms with E-state index in [1.54, 1.807) is 0 Å². The van der Waals surface area contributed by atoms with E-state index >= 15 is 0 Å². The Kier molecular flexibility index (Phi) is 3.99. The van der Waals surface area contributed by atoms with Crippen LogP contribution >= 0.6 is 0 Å². The van der Waals surface area contributed by atoms with Gasteiger partial charge in [0.2, 0.25) is 0 Å². The third-order valence-electron chi connectivity index (χ3n) is 11.2. The van der Waals surface area contributed by atoms with E-state index in [9.17, 15) is 0 Å². The first-order chi connectivity index (χ1) is 23.8. The highest BCUT2D eigenvalue weighted by Crippen LogP contribution is 2.41. The molecule has 4 aliphatic heterocycles. The van der Waals surface area contributed by atoms with Gasteiger partial charge in [-0.1, -0.05) is 42.5 Å². The average molecular weight is 610 g/mol. The number of hydrogen-bond acceptors (Lipinski definition) is 4. The van der Waals surface area contributed by atoms with E-state index < -0.39 is 0 Å². The summed E-state index contributed by atoms with van der Waals surface area (Å²) < 4.78 is 18.5. The Morgan fingerprint density at radius 2 is 0.958 bits per heavy atom. The molecule has 8 heterocycles. The van der Waals surface area contributed by atoms with Gasteiger partial charge in [-0.05, 0) is 81.3 Å². The zero-order chi connectivity index (χ0) is 30.8. The molecule has 0 bridgehead atoms. The Morgan fingerprint density at radius 1 is 0.458 bits per heavy atom. The molecule has 0 aliphatic carbocycles. The maximum absolute atomic E-state index is 6.84. The van der Waals surface area contributed by atoms with Crippen molar-refractivity contribution in [2.24, 2.45) is 0 Å². The Balaban J connectivity index is 1.13. The van der Waals surface area contributed by atoms with E-state index in [4.69, 9.17) is 9.47 Å². The highest BCUT2D eigenvalue weighted by Gasteiger charge is 2.45. The largest absolute Gasteiger partial charge is 0.458 e. The molecule has 9 aromatic rings. The summed E-state index contributed by atoms with van der Waals surface area (Å²) in [5.74, 6) is 3.41. The first-order valence-corrected chi connectivity index (χ1v) is 16.4. The predicted octanol–water partition coefficient (Wildman–Crippen LogP) is 4.54. The number of aromatic nitrogens is 4. The van der Waals surface area contributed by atoms with Gasteiger partial charge < -0.3 is 18.6 Å². The molecule has 8 heteroatoms. The molecule has 5 aromatic carbocycles. The number of fused-ring (bicyclic) bond motifs is 16. The van der Waals surface area contributed by atoms with Crippen LogP contribution in [0.5, 0.6) is 23.0 Å². The van der Waals surface area contributed by atoms with E-state index in [0.717, 1.165) is 45.3 Å². The molecule has 4 aromatic heterocycles. The van der Waals surface area contributed by atoms with Gasteiger partial charge in [0.15, 0.2) is 0 Å². The van der Waals surface area contributed by atoms with Crippen molar-refractivity contribution >= 4 is 89.8 Å². The molecular formula is C40H20B2N4O2. The monoisotopic (exact) mass is 610 g/mol. The second kappa shape index (κ2) is 7.98. The van der Waals surface area contributed by atoms with Gasteiger partial charge in [0, 0.05) is 63.8 Å². The lowest BCUT2D eigenvalue weighted by Crippen LogP contribution is -2.62. The molecule has 0 atom stereocenters. The molecule has 48 heavy (non-hydrogen) atoms. The molecule has 218 valence electrons. The minimum atomic E-state index is -0.0427. The van der Waals surface area contributed by atoms with Crippen molar-refractivity contribution in [3.8, 4) is 34.4 Å². The second-order valence-electron chi connectivity index (χ2n) is 13.3. The molecule has 0 radical (unpaired) electrons. The Labute approximate surface area is 274 Å². The lowest BCUT2D eigenvalue weighted by atomic mass is 9.31. The molecule has 6 nitrogen and oxygen atoms in total. The van der Waals surface area contributed by atoms with Gasteiger partial charge in [-0.3, -0.25) is 9.97 Å². The fraction of sp³-hybridized carbons (Fsp3) is 0. The normalized spacial score (nSPS) is 14.1. The van der Waals surface area contributed by atoms with Crippen molar-refractivity contribution in [1.82, 2.24) is 19.1 Å². The smallest absolute Gasteiger partial charge is 0.258 e. The summed E-state index contributed by atoms with van der Waals surface area (Å²) in [6.45, 7) is -0.0854. The standard InChI is InChI=1S/C40H20B2N4O2/c1-3-7-29-21(5-1)23-9-11-33-37-39(23)45(29)31-13-15-43-19-27(31)41(37)25-17-26-36(18-35(25)47-33)48-34-12-10-24-22-6-2-4-8-30(22)46-32-14-16-44-20-28(32)42(26)38(34)40(24)46/h1-20H.